The van der Waals surface area contributed by atoms with Crippen LogP contribution < -0.4 is 9.64 Å². The summed E-state index contributed by atoms with van der Waals surface area (Å²) in [7, 11) is 1.82. The second-order valence-electron chi connectivity index (χ2n) is 8.96. The van der Waals surface area contributed by atoms with E-state index < -0.39 is 23.8 Å². The van der Waals surface area contributed by atoms with Gasteiger partial charge in [-0.15, -0.1) is 0 Å². The van der Waals surface area contributed by atoms with E-state index in [2.05, 4.69) is 15.0 Å². The van der Waals surface area contributed by atoms with Crippen molar-refractivity contribution >= 4 is 16.9 Å². The summed E-state index contributed by atoms with van der Waals surface area (Å²) in [6.45, 7) is 2.65. The Morgan fingerprint density at radius 1 is 1.06 bits per heavy atom. The summed E-state index contributed by atoms with van der Waals surface area (Å²) in [4.78, 5) is 16.0. The Morgan fingerprint density at radius 2 is 1.83 bits per heavy atom. The Kier molecular flexibility index (Phi) is 6.50. The van der Waals surface area contributed by atoms with Crippen LogP contribution in [0.1, 0.15) is 31.6 Å². The standard InChI is InChI=1S/C25H26F2N6O3/c1-14(34)24(35)20-10-19-21(12-28-20)30-23(15-11-29-32(2)13-15)25(31-19)33-7-5-17(6-8-33)36-22-4-3-16(26)9-18(22)27/h3-4,9-14,17,24,34-35H,5-8H2,1-2H3/t14-,24-/m0/s1. The SMILES string of the molecule is C[C@H](O)[C@H](O)c1cc2nc(N3CCC(Oc4ccc(F)cc4F)CC3)c(-c3cnn(C)c3)nc2cn1. The quantitative estimate of drug-likeness (QED) is 0.419. The van der Waals surface area contributed by atoms with Crippen molar-refractivity contribution in [3.63, 3.8) is 0 Å². The van der Waals surface area contributed by atoms with Gasteiger partial charge in [-0.3, -0.25) is 9.67 Å². The number of halogens is 2. The van der Waals surface area contributed by atoms with Gasteiger partial charge in [0, 0.05) is 50.8 Å². The van der Waals surface area contributed by atoms with E-state index in [9.17, 15) is 19.0 Å². The van der Waals surface area contributed by atoms with Crippen LogP contribution in [0.15, 0.2) is 42.9 Å². The van der Waals surface area contributed by atoms with Crippen LogP contribution in [-0.4, -0.2) is 60.2 Å². The minimum Gasteiger partial charge on any atom is -0.487 e. The van der Waals surface area contributed by atoms with Gasteiger partial charge in [0.1, 0.15) is 29.2 Å². The molecule has 36 heavy (non-hydrogen) atoms. The van der Waals surface area contributed by atoms with E-state index in [1.54, 1.807) is 16.9 Å². The van der Waals surface area contributed by atoms with Gasteiger partial charge in [-0.2, -0.15) is 5.10 Å². The summed E-state index contributed by atoms with van der Waals surface area (Å²) in [5.41, 5.74) is 2.82. The lowest BCUT2D eigenvalue weighted by molar-refractivity contribution is 0.0279. The van der Waals surface area contributed by atoms with Gasteiger partial charge >= 0.3 is 0 Å². The van der Waals surface area contributed by atoms with Crippen molar-refractivity contribution < 1.29 is 23.7 Å². The Labute approximate surface area is 206 Å². The number of fused-ring (bicyclic) bond motifs is 1. The van der Waals surface area contributed by atoms with Gasteiger partial charge in [0.25, 0.3) is 0 Å². The number of hydrogen-bond acceptors (Lipinski definition) is 8. The van der Waals surface area contributed by atoms with E-state index in [1.165, 1.54) is 25.3 Å². The highest BCUT2D eigenvalue weighted by Gasteiger charge is 2.26. The zero-order valence-electron chi connectivity index (χ0n) is 19.8. The average Bonchev–Trinajstić information content (AvgIpc) is 3.30. The zero-order chi connectivity index (χ0) is 25.4. The molecule has 0 spiro atoms. The number of aromatic nitrogens is 5. The first kappa shape index (κ1) is 24.0. The number of pyridine rings is 1. The first-order valence-electron chi connectivity index (χ1n) is 11.7. The van der Waals surface area contributed by atoms with E-state index in [0.29, 0.717) is 54.2 Å². The molecule has 9 nitrogen and oxygen atoms in total. The Morgan fingerprint density at radius 3 is 2.50 bits per heavy atom. The second-order valence-corrected chi connectivity index (χ2v) is 8.96. The molecule has 0 bridgehead atoms. The van der Waals surface area contributed by atoms with E-state index in [1.807, 2.05) is 13.2 Å². The predicted octanol–water partition coefficient (Wildman–Crippen LogP) is 3.17. The number of aliphatic hydroxyl groups excluding tert-OH is 2. The van der Waals surface area contributed by atoms with E-state index in [-0.39, 0.29) is 11.9 Å². The fraction of sp³-hybridized carbons (Fsp3) is 0.360. The van der Waals surface area contributed by atoms with Crippen molar-refractivity contribution in [2.24, 2.45) is 7.05 Å². The molecule has 1 saturated heterocycles. The summed E-state index contributed by atoms with van der Waals surface area (Å²) in [5, 5.41) is 24.3. The van der Waals surface area contributed by atoms with Crippen molar-refractivity contribution in [3.05, 3.63) is 60.2 Å². The highest BCUT2D eigenvalue weighted by atomic mass is 19.1. The summed E-state index contributed by atoms with van der Waals surface area (Å²) in [6.07, 6.45) is 3.95. The molecule has 0 unspecified atom stereocenters. The third-order valence-electron chi connectivity index (χ3n) is 6.22. The van der Waals surface area contributed by atoms with Crippen LogP contribution in [0.25, 0.3) is 22.3 Å². The maximum absolute atomic E-state index is 14.0. The molecule has 0 saturated carbocycles. The topological polar surface area (TPSA) is 109 Å². The smallest absolute Gasteiger partial charge is 0.167 e. The number of aryl methyl sites for hydroxylation is 1. The minimum atomic E-state index is -1.14. The molecule has 4 heterocycles. The first-order valence-corrected chi connectivity index (χ1v) is 11.7. The number of rotatable bonds is 6. The minimum absolute atomic E-state index is 0.0353. The van der Waals surface area contributed by atoms with Gasteiger partial charge in [0.2, 0.25) is 0 Å². The highest BCUT2D eigenvalue weighted by Crippen LogP contribution is 2.32. The van der Waals surface area contributed by atoms with Gasteiger partial charge in [0.15, 0.2) is 17.4 Å². The van der Waals surface area contributed by atoms with Crippen LogP contribution in [0.3, 0.4) is 0 Å². The molecule has 4 aromatic rings. The maximum Gasteiger partial charge on any atom is 0.167 e. The molecule has 1 aliphatic rings. The Hall–Kier alpha value is -3.70. The molecule has 1 fully saturated rings. The van der Waals surface area contributed by atoms with Crippen molar-refractivity contribution in [3.8, 4) is 17.0 Å². The van der Waals surface area contributed by atoms with Gasteiger partial charge in [-0.25, -0.2) is 18.7 Å². The van der Waals surface area contributed by atoms with Gasteiger partial charge in [-0.05, 0) is 25.1 Å². The van der Waals surface area contributed by atoms with Crippen LogP contribution in [0, 0.1) is 11.6 Å². The monoisotopic (exact) mass is 496 g/mol. The molecule has 5 rings (SSSR count). The van der Waals surface area contributed by atoms with Gasteiger partial charge in [-0.1, -0.05) is 0 Å². The number of hydrogen-bond donors (Lipinski definition) is 2. The van der Waals surface area contributed by atoms with Gasteiger partial charge in [0.05, 0.1) is 29.7 Å². The third kappa shape index (κ3) is 4.84. The van der Waals surface area contributed by atoms with Gasteiger partial charge < -0.3 is 19.8 Å². The number of aliphatic hydroxyl groups is 2. The van der Waals surface area contributed by atoms with E-state index >= 15 is 0 Å². The molecule has 1 aromatic carbocycles. The maximum atomic E-state index is 14.0. The fourth-order valence-corrected chi connectivity index (χ4v) is 4.27. The van der Waals surface area contributed by atoms with Crippen LogP contribution in [-0.2, 0) is 7.05 Å². The second kappa shape index (κ2) is 9.75. The van der Waals surface area contributed by atoms with Crippen molar-refractivity contribution in [1.29, 1.82) is 0 Å². The lowest BCUT2D eigenvalue weighted by atomic mass is 10.1. The molecule has 2 atom stereocenters. The lowest BCUT2D eigenvalue weighted by Gasteiger charge is -2.33. The van der Waals surface area contributed by atoms with Crippen LogP contribution >= 0.6 is 0 Å². The summed E-state index contributed by atoms with van der Waals surface area (Å²) in [5.74, 6) is -0.689. The number of benzene rings is 1. The normalized spacial score (nSPS) is 16.3. The van der Waals surface area contributed by atoms with Crippen LogP contribution in [0.5, 0.6) is 5.75 Å². The Bertz CT molecular complexity index is 1390. The molecule has 11 heteroatoms. The van der Waals surface area contributed by atoms with E-state index in [4.69, 9.17) is 14.7 Å². The summed E-state index contributed by atoms with van der Waals surface area (Å²) < 4.78 is 34.7. The number of nitrogens with zero attached hydrogens (tertiary/aromatic N) is 6. The molecular formula is C25H26F2N6O3. The zero-order valence-corrected chi connectivity index (χ0v) is 19.8. The molecule has 0 aliphatic carbocycles. The van der Waals surface area contributed by atoms with Crippen molar-refractivity contribution in [2.45, 2.75) is 38.1 Å². The molecule has 1 aliphatic heterocycles. The Balaban J connectivity index is 1.44. The largest absolute Gasteiger partial charge is 0.487 e. The molecule has 2 N–H and O–H groups in total. The predicted molar refractivity (Wildman–Crippen MR) is 128 cm³/mol. The molecular weight excluding hydrogens is 470 g/mol. The molecule has 0 amide bonds. The fourth-order valence-electron chi connectivity index (χ4n) is 4.27. The summed E-state index contributed by atoms with van der Waals surface area (Å²) >= 11 is 0. The van der Waals surface area contributed by atoms with Crippen LogP contribution in [0.2, 0.25) is 0 Å². The van der Waals surface area contributed by atoms with Crippen molar-refractivity contribution in [2.75, 3.05) is 18.0 Å². The number of anilines is 1. The third-order valence-corrected chi connectivity index (χ3v) is 6.22. The van der Waals surface area contributed by atoms with E-state index in [0.717, 1.165) is 11.6 Å². The summed E-state index contributed by atoms with van der Waals surface area (Å²) in [6, 6.07) is 4.92. The molecule has 0 radical (unpaired) electrons. The first-order chi connectivity index (χ1) is 17.3. The van der Waals surface area contributed by atoms with Crippen molar-refractivity contribution in [1.82, 2.24) is 24.7 Å². The van der Waals surface area contributed by atoms with Crippen LogP contribution in [0.4, 0.5) is 14.6 Å². The molecule has 188 valence electrons. The number of ether oxygens (including phenoxy) is 1. The highest BCUT2D eigenvalue weighted by molar-refractivity contribution is 5.83. The average molecular weight is 497 g/mol. The lowest BCUT2D eigenvalue weighted by Crippen LogP contribution is -2.39. The number of piperidine rings is 1. The molecule has 3 aromatic heterocycles.